The second-order valence-electron chi connectivity index (χ2n) is 2.81. The van der Waals surface area contributed by atoms with Crippen molar-refractivity contribution in [3.8, 4) is 0 Å². The molecule has 1 heterocycles. The Morgan fingerprint density at radius 3 is 2.69 bits per heavy atom. The van der Waals surface area contributed by atoms with E-state index < -0.39 is 5.82 Å². The SMILES string of the molecule is NSN1CCc2c(F)ccc(F)c21. The summed E-state index contributed by atoms with van der Waals surface area (Å²) >= 11 is 0.925. The molecular weight excluding hydrogens is 194 g/mol. The van der Waals surface area contributed by atoms with E-state index in [4.69, 9.17) is 5.14 Å². The molecule has 0 spiro atoms. The molecule has 0 unspecified atom stereocenters. The highest BCUT2D eigenvalue weighted by atomic mass is 32.2. The smallest absolute Gasteiger partial charge is 0.147 e. The number of nitrogens with zero attached hydrogens (tertiary/aromatic N) is 1. The Kier molecular flexibility index (Phi) is 2.13. The molecule has 0 amide bonds. The van der Waals surface area contributed by atoms with Gasteiger partial charge in [-0.2, -0.15) is 0 Å². The summed E-state index contributed by atoms with van der Waals surface area (Å²) in [4.78, 5) is 0. The maximum Gasteiger partial charge on any atom is 0.147 e. The third-order valence-corrected chi connectivity index (χ3v) is 2.74. The zero-order valence-corrected chi connectivity index (χ0v) is 7.57. The van der Waals surface area contributed by atoms with Gasteiger partial charge in [-0.25, -0.2) is 8.78 Å². The molecule has 1 aliphatic heterocycles. The van der Waals surface area contributed by atoms with Crippen molar-refractivity contribution in [3.63, 3.8) is 0 Å². The summed E-state index contributed by atoms with van der Waals surface area (Å²) in [5, 5.41) is 5.32. The van der Waals surface area contributed by atoms with Crippen LogP contribution in [0.1, 0.15) is 5.56 Å². The summed E-state index contributed by atoms with van der Waals surface area (Å²) in [6.07, 6.45) is 0.517. The molecule has 1 aliphatic rings. The summed E-state index contributed by atoms with van der Waals surface area (Å²) in [5.41, 5.74) is 0.727. The summed E-state index contributed by atoms with van der Waals surface area (Å²) in [6.45, 7) is 0.564. The average molecular weight is 202 g/mol. The molecule has 0 saturated heterocycles. The second kappa shape index (κ2) is 3.16. The van der Waals surface area contributed by atoms with Crippen LogP contribution in [0.15, 0.2) is 12.1 Å². The fourth-order valence-corrected chi connectivity index (χ4v) is 2.02. The van der Waals surface area contributed by atoms with Crippen LogP contribution >= 0.6 is 12.1 Å². The highest BCUT2D eigenvalue weighted by Gasteiger charge is 2.25. The fraction of sp³-hybridized carbons (Fsp3) is 0.250. The topological polar surface area (TPSA) is 29.3 Å². The van der Waals surface area contributed by atoms with Gasteiger partial charge >= 0.3 is 0 Å². The van der Waals surface area contributed by atoms with Gasteiger partial charge in [-0.05, 0) is 18.6 Å². The molecule has 70 valence electrons. The first-order valence-corrected chi connectivity index (χ1v) is 4.69. The molecule has 0 bridgehead atoms. The molecule has 2 rings (SSSR count). The molecule has 13 heavy (non-hydrogen) atoms. The molecule has 1 aromatic carbocycles. The van der Waals surface area contributed by atoms with Gasteiger partial charge < -0.3 is 0 Å². The van der Waals surface area contributed by atoms with Gasteiger partial charge in [0.1, 0.15) is 11.6 Å². The largest absolute Gasteiger partial charge is 0.300 e. The maximum atomic E-state index is 13.2. The summed E-state index contributed by atoms with van der Waals surface area (Å²) < 4.78 is 27.9. The van der Waals surface area contributed by atoms with Gasteiger partial charge in [0.15, 0.2) is 0 Å². The van der Waals surface area contributed by atoms with E-state index >= 15 is 0 Å². The quantitative estimate of drug-likeness (QED) is 0.705. The lowest BCUT2D eigenvalue weighted by Crippen LogP contribution is -2.14. The Bertz CT molecular complexity index is 343. The predicted molar refractivity (Wildman–Crippen MR) is 49.2 cm³/mol. The van der Waals surface area contributed by atoms with E-state index in [1.54, 1.807) is 4.31 Å². The number of rotatable bonds is 1. The molecule has 0 aliphatic carbocycles. The van der Waals surface area contributed by atoms with Gasteiger partial charge in [-0.1, -0.05) is 0 Å². The van der Waals surface area contributed by atoms with Crippen LogP contribution in [0, 0.1) is 11.6 Å². The van der Waals surface area contributed by atoms with Crippen LogP contribution in [0.4, 0.5) is 14.5 Å². The van der Waals surface area contributed by atoms with Crippen LogP contribution in [0.5, 0.6) is 0 Å². The van der Waals surface area contributed by atoms with E-state index in [-0.39, 0.29) is 5.82 Å². The van der Waals surface area contributed by atoms with Gasteiger partial charge in [-0.3, -0.25) is 9.44 Å². The Morgan fingerprint density at radius 1 is 1.31 bits per heavy atom. The Balaban J connectivity index is 2.55. The average Bonchev–Trinajstić information content (AvgIpc) is 2.56. The van der Waals surface area contributed by atoms with E-state index in [9.17, 15) is 8.78 Å². The van der Waals surface area contributed by atoms with E-state index in [0.717, 1.165) is 24.3 Å². The summed E-state index contributed by atoms with van der Waals surface area (Å²) in [6, 6.07) is 2.28. The Hall–Kier alpha value is -0.810. The zero-order valence-electron chi connectivity index (χ0n) is 6.76. The van der Waals surface area contributed by atoms with E-state index in [1.165, 1.54) is 0 Å². The molecule has 0 atom stereocenters. The van der Waals surface area contributed by atoms with Crippen LogP contribution in [0.3, 0.4) is 0 Å². The lowest BCUT2D eigenvalue weighted by atomic mass is 10.1. The number of fused-ring (bicyclic) bond motifs is 1. The monoisotopic (exact) mass is 202 g/mol. The minimum absolute atomic E-state index is 0.299. The van der Waals surface area contributed by atoms with E-state index in [1.807, 2.05) is 0 Å². The first kappa shape index (κ1) is 8.77. The zero-order chi connectivity index (χ0) is 9.42. The van der Waals surface area contributed by atoms with Crippen molar-refractivity contribution in [1.29, 1.82) is 0 Å². The third-order valence-electron chi connectivity index (χ3n) is 2.12. The van der Waals surface area contributed by atoms with Crippen molar-refractivity contribution in [2.45, 2.75) is 6.42 Å². The molecule has 2 N–H and O–H groups in total. The van der Waals surface area contributed by atoms with Crippen molar-refractivity contribution in [2.24, 2.45) is 5.14 Å². The van der Waals surface area contributed by atoms with Crippen molar-refractivity contribution < 1.29 is 8.78 Å². The van der Waals surface area contributed by atoms with Gasteiger partial charge in [0.2, 0.25) is 0 Å². The lowest BCUT2D eigenvalue weighted by molar-refractivity contribution is 0.595. The van der Waals surface area contributed by atoms with E-state index in [2.05, 4.69) is 0 Å². The van der Waals surface area contributed by atoms with Crippen LogP contribution in [-0.2, 0) is 6.42 Å². The molecule has 2 nitrogen and oxygen atoms in total. The molecule has 0 aromatic heterocycles. The minimum atomic E-state index is -0.410. The molecule has 1 aromatic rings. The Labute approximate surface area is 79.0 Å². The number of benzene rings is 1. The van der Waals surface area contributed by atoms with Crippen LogP contribution in [0.25, 0.3) is 0 Å². The van der Waals surface area contributed by atoms with Crippen molar-refractivity contribution in [1.82, 2.24) is 0 Å². The van der Waals surface area contributed by atoms with Gasteiger partial charge in [-0.15, -0.1) is 0 Å². The van der Waals surface area contributed by atoms with Crippen LogP contribution < -0.4 is 9.44 Å². The summed E-state index contributed by atoms with van der Waals surface area (Å²) in [7, 11) is 0. The number of hydrogen-bond donors (Lipinski definition) is 1. The van der Waals surface area contributed by atoms with Crippen LogP contribution in [0.2, 0.25) is 0 Å². The highest BCUT2D eigenvalue weighted by Crippen LogP contribution is 2.35. The molecule has 5 heteroatoms. The van der Waals surface area contributed by atoms with Crippen molar-refractivity contribution in [2.75, 3.05) is 10.8 Å². The fourth-order valence-electron chi connectivity index (χ4n) is 1.52. The number of hydrogen-bond acceptors (Lipinski definition) is 3. The lowest BCUT2D eigenvalue weighted by Gasteiger charge is -2.14. The van der Waals surface area contributed by atoms with Crippen LogP contribution in [-0.4, -0.2) is 6.54 Å². The first-order chi connectivity index (χ1) is 6.24. The maximum absolute atomic E-state index is 13.2. The van der Waals surface area contributed by atoms with E-state index in [0.29, 0.717) is 24.2 Å². The standard InChI is InChI=1S/C8H8F2N2S/c9-6-1-2-7(10)8-5(6)3-4-12(8)13-11/h1-2H,3-4,11H2. The minimum Gasteiger partial charge on any atom is -0.300 e. The molecular formula is C8H8F2N2S. The molecule has 0 fully saturated rings. The molecule has 0 saturated carbocycles. The predicted octanol–water partition coefficient (Wildman–Crippen LogP) is 1.85. The number of nitrogens with two attached hydrogens (primary N) is 1. The van der Waals surface area contributed by atoms with Gasteiger partial charge in [0.05, 0.1) is 5.69 Å². The first-order valence-electron chi connectivity index (χ1n) is 3.85. The molecule has 0 radical (unpaired) electrons. The number of halogens is 2. The van der Waals surface area contributed by atoms with Crippen molar-refractivity contribution in [3.05, 3.63) is 29.3 Å². The Morgan fingerprint density at radius 2 is 2.00 bits per heavy atom. The highest BCUT2D eigenvalue weighted by molar-refractivity contribution is 7.98. The second-order valence-corrected chi connectivity index (χ2v) is 3.47. The summed E-state index contributed by atoms with van der Waals surface area (Å²) in [5.74, 6) is -0.764. The number of anilines is 1. The van der Waals surface area contributed by atoms with Gasteiger partial charge in [0, 0.05) is 24.2 Å². The third kappa shape index (κ3) is 1.28. The van der Waals surface area contributed by atoms with Crippen molar-refractivity contribution >= 4 is 17.8 Å². The normalized spacial score (nSPS) is 14.8. The van der Waals surface area contributed by atoms with Gasteiger partial charge in [0.25, 0.3) is 0 Å².